The highest BCUT2D eigenvalue weighted by atomic mass is 19.1. The maximum atomic E-state index is 13.8. The zero-order valence-corrected chi connectivity index (χ0v) is 16.5. The zero-order valence-electron chi connectivity index (χ0n) is 16.5. The van der Waals surface area contributed by atoms with Crippen molar-refractivity contribution in [3.05, 3.63) is 73.1 Å². The Morgan fingerprint density at radius 1 is 0.938 bits per heavy atom. The van der Waals surface area contributed by atoms with E-state index < -0.39 is 0 Å². The van der Waals surface area contributed by atoms with Crippen LogP contribution >= 0.6 is 0 Å². The molecule has 4 N–H and O–H groups in total. The fourth-order valence-electron chi connectivity index (χ4n) is 3.77. The number of pyridine rings is 3. The average molecular weight is 422 g/mol. The normalized spacial score (nSPS) is 11.4. The number of halogens is 1. The molecule has 154 valence electrons. The molecule has 0 atom stereocenters. The van der Waals surface area contributed by atoms with Crippen molar-refractivity contribution in [3.63, 3.8) is 0 Å². The van der Waals surface area contributed by atoms with Crippen LogP contribution in [0.15, 0.2) is 67.3 Å². The van der Waals surface area contributed by atoms with E-state index in [9.17, 15) is 4.39 Å². The van der Waals surface area contributed by atoms with Gasteiger partial charge in [0.1, 0.15) is 11.5 Å². The Morgan fingerprint density at radius 3 is 2.75 bits per heavy atom. The molecule has 0 fully saturated rings. The van der Waals surface area contributed by atoms with E-state index in [1.165, 1.54) is 12.1 Å². The van der Waals surface area contributed by atoms with E-state index in [0.717, 1.165) is 33.3 Å². The monoisotopic (exact) mass is 422 g/mol. The third kappa shape index (κ3) is 2.95. The van der Waals surface area contributed by atoms with E-state index in [2.05, 4.69) is 35.1 Å². The minimum Gasteiger partial charge on any atom is -0.397 e. The van der Waals surface area contributed by atoms with Crippen molar-refractivity contribution in [2.24, 2.45) is 0 Å². The molecule has 6 aromatic rings. The molecule has 1 aromatic carbocycles. The second kappa shape index (κ2) is 6.95. The van der Waals surface area contributed by atoms with Crippen molar-refractivity contribution in [1.82, 2.24) is 35.1 Å². The standard InChI is InChI=1S/C23H15FN8/c24-14-3-1-2-12(6-14)16-4-5-27-22-20(16)29-23(30-22)21-17-8-18(28-11-19(17)31-32-21)13-7-15(25)10-26-9-13/h1-11H,25H2,(H,31,32)(H,27,29,30). The van der Waals surface area contributed by atoms with E-state index in [1.54, 1.807) is 30.9 Å². The number of imidazole rings is 1. The number of nitrogens with two attached hydrogens (primary N) is 1. The fraction of sp³-hybridized carbons (Fsp3) is 0. The van der Waals surface area contributed by atoms with Gasteiger partial charge in [0.15, 0.2) is 11.5 Å². The van der Waals surface area contributed by atoms with Crippen molar-refractivity contribution in [3.8, 4) is 33.9 Å². The lowest BCUT2D eigenvalue weighted by Gasteiger charge is -2.02. The Balaban J connectivity index is 1.51. The molecule has 8 nitrogen and oxygen atoms in total. The number of nitrogen functional groups attached to an aromatic ring is 1. The summed E-state index contributed by atoms with van der Waals surface area (Å²) in [7, 11) is 0. The number of anilines is 1. The SMILES string of the molecule is Nc1cncc(-c2cc3c(-c4nc5nccc(-c6cccc(F)c6)c5[nH]4)n[nH]c3cn2)c1. The maximum absolute atomic E-state index is 13.8. The van der Waals surface area contributed by atoms with E-state index >= 15 is 0 Å². The molecule has 0 saturated carbocycles. The van der Waals surface area contributed by atoms with Gasteiger partial charge in [-0.3, -0.25) is 15.1 Å². The molecule has 5 aromatic heterocycles. The van der Waals surface area contributed by atoms with E-state index in [1.807, 2.05) is 24.3 Å². The fourth-order valence-corrected chi connectivity index (χ4v) is 3.77. The third-order valence-corrected chi connectivity index (χ3v) is 5.25. The van der Waals surface area contributed by atoms with Gasteiger partial charge in [-0.2, -0.15) is 5.10 Å². The number of nitrogens with zero attached hydrogens (tertiary/aromatic N) is 5. The molecular formula is C23H15FN8. The first-order valence-electron chi connectivity index (χ1n) is 9.82. The molecule has 0 unspecified atom stereocenters. The summed E-state index contributed by atoms with van der Waals surface area (Å²) >= 11 is 0. The van der Waals surface area contributed by atoms with Crippen molar-refractivity contribution in [1.29, 1.82) is 0 Å². The molecule has 6 rings (SSSR count). The van der Waals surface area contributed by atoms with Gasteiger partial charge < -0.3 is 10.7 Å². The first kappa shape index (κ1) is 18.1. The van der Waals surface area contributed by atoms with Gasteiger partial charge in [-0.25, -0.2) is 14.4 Å². The van der Waals surface area contributed by atoms with E-state index in [4.69, 9.17) is 5.73 Å². The number of rotatable bonds is 3. The topological polar surface area (TPSA) is 122 Å². The molecule has 0 aliphatic carbocycles. The third-order valence-electron chi connectivity index (χ3n) is 5.25. The highest BCUT2D eigenvalue weighted by Crippen LogP contribution is 2.32. The number of benzene rings is 1. The van der Waals surface area contributed by atoms with Gasteiger partial charge in [-0.1, -0.05) is 12.1 Å². The first-order valence-corrected chi connectivity index (χ1v) is 9.82. The number of hydrogen-bond donors (Lipinski definition) is 3. The molecule has 0 amide bonds. The summed E-state index contributed by atoms with van der Waals surface area (Å²) in [5, 5.41) is 8.27. The van der Waals surface area contributed by atoms with E-state index in [0.29, 0.717) is 28.4 Å². The summed E-state index contributed by atoms with van der Waals surface area (Å²) in [6.07, 6.45) is 6.66. The molecular weight excluding hydrogens is 407 g/mol. The van der Waals surface area contributed by atoms with Crippen LogP contribution in [-0.4, -0.2) is 35.1 Å². The second-order valence-electron chi connectivity index (χ2n) is 7.35. The Kier molecular flexibility index (Phi) is 3.94. The highest BCUT2D eigenvalue weighted by Gasteiger charge is 2.17. The summed E-state index contributed by atoms with van der Waals surface area (Å²) < 4.78 is 13.8. The lowest BCUT2D eigenvalue weighted by molar-refractivity contribution is 0.628. The number of aromatic nitrogens is 7. The summed E-state index contributed by atoms with van der Waals surface area (Å²) in [5.41, 5.74) is 12.1. The van der Waals surface area contributed by atoms with Crippen LogP contribution < -0.4 is 5.73 Å². The van der Waals surface area contributed by atoms with Crippen molar-refractivity contribution in [2.75, 3.05) is 5.73 Å². The number of nitrogens with one attached hydrogen (secondary N) is 2. The Labute approximate surface area is 180 Å². The molecule has 5 heterocycles. The van der Waals surface area contributed by atoms with Crippen LogP contribution in [0.4, 0.5) is 10.1 Å². The van der Waals surface area contributed by atoms with Gasteiger partial charge in [0.2, 0.25) is 0 Å². The van der Waals surface area contributed by atoms with Gasteiger partial charge in [0.25, 0.3) is 0 Å². The van der Waals surface area contributed by atoms with Crippen LogP contribution in [0, 0.1) is 5.82 Å². The molecule has 0 aliphatic rings. The molecule has 0 spiro atoms. The largest absolute Gasteiger partial charge is 0.397 e. The quantitative estimate of drug-likeness (QED) is 0.390. The predicted molar refractivity (Wildman–Crippen MR) is 120 cm³/mol. The molecule has 32 heavy (non-hydrogen) atoms. The van der Waals surface area contributed by atoms with Gasteiger partial charge in [0.05, 0.1) is 28.6 Å². The van der Waals surface area contributed by atoms with Crippen LogP contribution in [0.25, 0.3) is 56.0 Å². The minimum absolute atomic E-state index is 0.304. The maximum Gasteiger partial charge on any atom is 0.178 e. The smallest absolute Gasteiger partial charge is 0.178 e. The van der Waals surface area contributed by atoms with Crippen LogP contribution in [-0.2, 0) is 0 Å². The molecule has 0 saturated heterocycles. The predicted octanol–water partition coefficient (Wildman–Crippen LogP) is 4.35. The minimum atomic E-state index is -0.304. The van der Waals surface area contributed by atoms with Crippen LogP contribution in [0.5, 0.6) is 0 Å². The molecule has 0 radical (unpaired) electrons. The Bertz CT molecular complexity index is 1620. The summed E-state index contributed by atoms with van der Waals surface area (Å²) in [6.45, 7) is 0. The number of hydrogen-bond acceptors (Lipinski definition) is 6. The van der Waals surface area contributed by atoms with Crippen LogP contribution in [0.1, 0.15) is 0 Å². The van der Waals surface area contributed by atoms with Crippen molar-refractivity contribution in [2.45, 2.75) is 0 Å². The van der Waals surface area contributed by atoms with E-state index in [-0.39, 0.29) is 5.82 Å². The Hall–Kier alpha value is -4.66. The summed E-state index contributed by atoms with van der Waals surface area (Å²) in [4.78, 5) is 20.9. The second-order valence-corrected chi connectivity index (χ2v) is 7.35. The van der Waals surface area contributed by atoms with Crippen LogP contribution in [0.3, 0.4) is 0 Å². The first-order chi connectivity index (χ1) is 15.7. The van der Waals surface area contributed by atoms with Gasteiger partial charge in [0, 0.05) is 35.1 Å². The molecule has 0 aliphatic heterocycles. The number of fused-ring (bicyclic) bond motifs is 2. The zero-order chi connectivity index (χ0) is 21.7. The Morgan fingerprint density at radius 2 is 1.88 bits per heavy atom. The highest BCUT2D eigenvalue weighted by molar-refractivity contribution is 5.96. The summed E-state index contributed by atoms with van der Waals surface area (Å²) in [5.74, 6) is 0.243. The van der Waals surface area contributed by atoms with Gasteiger partial charge in [-0.15, -0.1) is 0 Å². The number of aromatic amines is 2. The molecule has 0 bridgehead atoms. The van der Waals surface area contributed by atoms with Gasteiger partial charge in [-0.05, 0) is 35.9 Å². The lowest BCUT2D eigenvalue weighted by atomic mass is 10.1. The molecule has 9 heteroatoms. The number of H-pyrrole nitrogens is 2. The van der Waals surface area contributed by atoms with Crippen LogP contribution in [0.2, 0.25) is 0 Å². The van der Waals surface area contributed by atoms with Crippen molar-refractivity contribution >= 4 is 27.8 Å². The average Bonchev–Trinajstić information content (AvgIpc) is 3.42. The summed E-state index contributed by atoms with van der Waals surface area (Å²) in [6, 6.07) is 12.0. The lowest BCUT2D eigenvalue weighted by Crippen LogP contribution is -1.90. The van der Waals surface area contributed by atoms with Gasteiger partial charge >= 0.3 is 0 Å². The van der Waals surface area contributed by atoms with Crippen molar-refractivity contribution < 1.29 is 4.39 Å².